The number of halogens is 2. The lowest BCUT2D eigenvalue weighted by Gasteiger charge is -2.34. The maximum atomic E-state index is 13.1. The van der Waals surface area contributed by atoms with Gasteiger partial charge in [-0.3, -0.25) is 4.79 Å². The van der Waals surface area contributed by atoms with Crippen LogP contribution in [-0.4, -0.2) is 18.0 Å². The Hall–Kier alpha value is -1.71. The third kappa shape index (κ3) is 4.57. The first kappa shape index (κ1) is 20.6. The number of carbonyl (C=O) groups excluding carboxylic acids is 1. The van der Waals surface area contributed by atoms with Gasteiger partial charge in [0.1, 0.15) is 5.75 Å². The highest BCUT2D eigenvalue weighted by Gasteiger charge is 2.34. The molecule has 4 rings (SSSR count). The van der Waals surface area contributed by atoms with Gasteiger partial charge in [-0.1, -0.05) is 73.2 Å². The van der Waals surface area contributed by atoms with Gasteiger partial charge < -0.3 is 10.1 Å². The molecule has 29 heavy (non-hydrogen) atoms. The number of para-hydroxylation sites is 1. The molecule has 1 saturated carbocycles. The van der Waals surface area contributed by atoms with Crippen molar-refractivity contribution in [3.05, 3.63) is 64.2 Å². The number of ether oxygens (including phenoxy) is 1. The van der Waals surface area contributed by atoms with E-state index in [4.69, 9.17) is 27.9 Å². The molecule has 154 valence electrons. The van der Waals surface area contributed by atoms with Crippen molar-refractivity contribution < 1.29 is 9.53 Å². The molecule has 0 spiro atoms. The number of hydrogen-bond donors (Lipinski definition) is 1. The molecule has 0 radical (unpaired) electrons. The van der Waals surface area contributed by atoms with Crippen LogP contribution >= 0.6 is 23.2 Å². The molecule has 0 saturated heterocycles. The van der Waals surface area contributed by atoms with Crippen molar-refractivity contribution in [3.8, 4) is 5.75 Å². The Balaban J connectivity index is 1.56. The van der Waals surface area contributed by atoms with Crippen molar-refractivity contribution in [2.75, 3.05) is 6.54 Å². The molecule has 1 unspecified atom stereocenters. The lowest BCUT2D eigenvalue weighted by atomic mass is 9.74. The van der Waals surface area contributed by atoms with Crippen LogP contribution < -0.4 is 10.1 Å². The number of alkyl halides is 1. The minimum atomic E-state index is -0.376. The van der Waals surface area contributed by atoms with Crippen molar-refractivity contribution in [1.82, 2.24) is 5.32 Å². The summed E-state index contributed by atoms with van der Waals surface area (Å²) in [4.78, 5) is 13.1. The maximum absolute atomic E-state index is 13.1. The molecule has 2 aromatic carbocycles. The summed E-state index contributed by atoms with van der Waals surface area (Å²) in [5, 5.41) is 3.96. The number of rotatable bonds is 4. The van der Waals surface area contributed by atoms with Gasteiger partial charge in [0.15, 0.2) is 5.56 Å². The van der Waals surface area contributed by atoms with E-state index in [-0.39, 0.29) is 16.9 Å². The van der Waals surface area contributed by atoms with Gasteiger partial charge in [0, 0.05) is 23.4 Å². The maximum Gasteiger partial charge on any atom is 0.255 e. The summed E-state index contributed by atoms with van der Waals surface area (Å²) in [6, 6.07) is 13.9. The van der Waals surface area contributed by atoms with Gasteiger partial charge >= 0.3 is 0 Å². The smallest absolute Gasteiger partial charge is 0.255 e. The second kappa shape index (κ2) is 8.97. The number of nitrogens with one attached hydrogen (secondary N) is 1. The summed E-state index contributed by atoms with van der Waals surface area (Å²) in [6.45, 7) is 0.613. The largest absolute Gasteiger partial charge is 0.474 e. The third-order valence-corrected chi connectivity index (χ3v) is 6.89. The average molecular weight is 432 g/mol. The van der Waals surface area contributed by atoms with E-state index in [2.05, 4.69) is 17.4 Å². The van der Waals surface area contributed by atoms with Crippen molar-refractivity contribution in [2.24, 2.45) is 0 Å². The van der Waals surface area contributed by atoms with Crippen LogP contribution in [0.4, 0.5) is 0 Å². The van der Waals surface area contributed by atoms with E-state index < -0.39 is 0 Å². The Labute approximate surface area is 182 Å². The zero-order valence-electron chi connectivity index (χ0n) is 16.6. The molecular formula is C24H27Cl2NO2. The number of benzene rings is 2. The molecule has 5 heteroatoms. The Morgan fingerprint density at radius 3 is 2.52 bits per heavy atom. The molecule has 0 bridgehead atoms. The molecule has 1 N–H and O–H groups in total. The van der Waals surface area contributed by atoms with Gasteiger partial charge in [0.05, 0.1) is 5.56 Å². The van der Waals surface area contributed by atoms with E-state index in [1.54, 1.807) is 0 Å². The fourth-order valence-electron chi connectivity index (χ4n) is 4.68. The Morgan fingerprint density at radius 1 is 1.07 bits per heavy atom. The normalized spacial score (nSPS) is 20.8. The molecule has 1 aliphatic carbocycles. The van der Waals surface area contributed by atoms with Crippen molar-refractivity contribution >= 4 is 29.1 Å². The van der Waals surface area contributed by atoms with E-state index in [1.165, 1.54) is 31.2 Å². The second-order valence-corrected chi connectivity index (χ2v) is 9.17. The highest BCUT2D eigenvalue weighted by molar-refractivity contribution is 6.30. The molecule has 1 amide bonds. The quantitative estimate of drug-likeness (QED) is 0.458. The average Bonchev–Trinajstić information content (AvgIpc) is 2.98. The van der Waals surface area contributed by atoms with Crippen LogP contribution in [0.3, 0.4) is 0 Å². The highest BCUT2D eigenvalue weighted by atomic mass is 35.5. The predicted octanol–water partition coefficient (Wildman–Crippen LogP) is 6.25. The SMILES string of the molecule is O=C(NCC1(c2ccc(Cl)cc2)CCCCCC1)c1cccc2c1OC(Cl)CC2. The highest BCUT2D eigenvalue weighted by Crippen LogP contribution is 2.39. The van der Waals surface area contributed by atoms with Crippen LogP contribution in [0.1, 0.15) is 66.4 Å². The van der Waals surface area contributed by atoms with E-state index >= 15 is 0 Å². The molecular weight excluding hydrogens is 405 g/mol. The van der Waals surface area contributed by atoms with Crippen LogP contribution in [0.15, 0.2) is 42.5 Å². The van der Waals surface area contributed by atoms with Crippen LogP contribution in [0, 0.1) is 0 Å². The number of carbonyl (C=O) groups is 1. The molecule has 1 atom stereocenters. The van der Waals surface area contributed by atoms with Crippen LogP contribution in [0.25, 0.3) is 0 Å². The zero-order valence-corrected chi connectivity index (χ0v) is 18.1. The topological polar surface area (TPSA) is 38.3 Å². The van der Waals surface area contributed by atoms with E-state index in [0.29, 0.717) is 17.9 Å². The van der Waals surface area contributed by atoms with E-state index in [1.807, 2.05) is 30.3 Å². The monoisotopic (exact) mass is 431 g/mol. The standard InChI is InChI=1S/C24H27Cl2NO2/c25-19-11-9-18(10-12-19)24(14-3-1-2-4-15-24)16-27-23(28)20-7-5-6-17-8-13-21(26)29-22(17)20/h5-7,9-12,21H,1-4,8,13-16H2,(H,27,28). The van der Waals surface area contributed by atoms with Gasteiger partial charge in [-0.05, 0) is 48.6 Å². The predicted molar refractivity (Wildman–Crippen MR) is 118 cm³/mol. The minimum Gasteiger partial charge on any atom is -0.474 e. The minimum absolute atomic E-state index is 0.0541. The first-order valence-corrected chi connectivity index (χ1v) is 11.4. The molecule has 1 heterocycles. The number of aryl methyl sites for hydroxylation is 1. The summed E-state index contributed by atoms with van der Waals surface area (Å²) in [7, 11) is 0. The van der Waals surface area contributed by atoms with Crippen molar-refractivity contribution in [3.63, 3.8) is 0 Å². The molecule has 2 aromatic rings. The van der Waals surface area contributed by atoms with Gasteiger partial charge in [-0.2, -0.15) is 0 Å². The van der Waals surface area contributed by atoms with Crippen molar-refractivity contribution in [2.45, 2.75) is 62.3 Å². The number of hydrogen-bond acceptors (Lipinski definition) is 2. The third-order valence-electron chi connectivity index (χ3n) is 6.33. The summed E-state index contributed by atoms with van der Waals surface area (Å²) in [5.41, 5.74) is 2.46. The van der Waals surface area contributed by atoms with E-state index in [0.717, 1.165) is 36.3 Å². The van der Waals surface area contributed by atoms with Gasteiger partial charge in [-0.15, -0.1) is 0 Å². The fraction of sp³-hybridized carbons (Fsp3) is 0.458. The summed E-state index contributed by atoms with van der Waals surface area (Å²) in [5.74, 6) is 0.544. The fourth-order valence-corrected chi connectivity index (χ4v) is 5.00. The summed E-state index contributed by atoms with van der Waals surface area (Å²) < 4.78 is 5.81. The van der Waals surface area contributed by atoms with E-state index in [9.17, 15) is 4.79 Å². The van der Waals surface area contributed by atoms with Gasteiger partial charge in [-0.25, -0.2) is 0 Å². The Morgan fingerprint density at radius 2 is 1.79 bits per heavy atom. The lowest BCUT2D eigenvalue weighted by Crippen LogP contribution is -2.41. The summed E-state index contributed by atoms with van der Waals surface area (Å²) >= 11 is 12.3. The Kier molecular flexibility index (Phi) is 6.36. The number of fused-ring (bicyclic) bond motifs is 1. The van der Waals surface area contributed by atoms with Gasteiger partial charge in [0.2, 0.25) is 0 Å². The molecule has 2 aliphatic rings. The van der Waals surface area contributed by atoms with Crippen LogP contribution in [0.2, 0.25) is 5.02 Å². The van der Waals surface area contributed by atoms with Gasteiger partial charge in [0.25, 0.3) is 5.91 Å². The molecule has 0 aromatic heterocycles. The second-order valence-electron chi connectivity index (χ2n) is 8.24. The zero-order chi connectivity index (χ0) is 20.3. The molecule has 1 fully saturated rings. The first-order chi connectivity index (χ1) is 14.1. The number of amides is 1. The first-order valence-electron chi connectivity index (χ1n) is 10.5. The molecule has 1 aliphatic heterocycles. The Bertz CT molecular complexity index is 858. The summed E-state index contributed by atoms with van der Waals surface area (Å²) in [6.07, 6.45) is 8.59. The van der Waals surface area contributed by atoms with Crippen LogP contribution in [0.5, 0.6) is 5.75 Å². The lowest BCUT2D eigenvalue weighted by molar-refractivity contribution is 0.0934. The molecule has 3 nitrogen and oxygen atoms in total. The van der Waals surface area contributed by atoms with Crippen molar-refractivity contribution in [1.29, 1.82) is 0 Å². The van der Waals surface area contributed by atoms with Crippen LogP contribution in [-0.2, 0) is 11.8 Å².